The number of hydrogen-bond acceptors (Lipinski definition) is 3. The van der Waals surface area contributed by atoms with Crippen molar-refractivity contribution in [3.63, 3.8) is 0 Å². The first kappa shape index (κ1) is 20.2. The molecule has 1 atom stereocenters. The molecule has 3 N–H and O–H groups in total. The van der Waals surface area contributed by atoms with Crippen molar-refractivity contribution in [1.82, 2.24) is 10.6 Å². The molecule has 5 nitrogen and oxygen atoms in total. The Kier molecular flexibility index (Phi) is 7.42. The van der Waals surface area contributed by atoms with Crippen molar-refractivity contribution in [3.05, 3.63) is 35.4 Å². The number of amides is 2. The molecule has 2 amide bonds. The van der Waals surface area contributed by atoms with Gasteiger partial charge in [0.05, 0.1) is 12.6 Å². The van der Waals surface area contributed by atoms with Gasteiger partial charge in [-0.05, 0) is 42.0 Å². The van der Waals surface area contributed by atoms with Gasteiger partial charge in [0, 0.05) is 17.7 Å². The lowest BCUT2D eigenvalue weighted by molar-refractivity contribution is 0.0904. The van der Waals surface area contributed by atoms with Crippen molar-refractivity contribution in [3.8, 4) is 0 Å². The lowest BCUT2D eigenvalue weighted by atomic mass is 9.97. The molecule has 0 saturated heterocycles. The molecule has 134 valence electrons. The molecule has 1 aromatic rings. The topological polar surface area (TPSA) is 78.4 Å². The van der Waals surface area contributed by atoms with Crippen LogP contribution in [0, 0.1) is 11.3 Å². The molecule has 5 heteroatoms. The molecular formula is C19H30N2O3. The summed E-state index contributed by atoms with van der Waals surface area (Å²) in [6, 6.07) is 6.29. The Morgan fingerprint density at radius 3 is 1.96 bits per heavy atom. The predicted molar refractivity (Wildman–Crippen MR) is 96.0 cm³/mol. The van der Waals surface area contributed by atoms with E-state index in [1.54, 1.807) is 24.3 Å². The van der Waals surface area contributed by atoms with Crippen LogP contribution in [0.15, 0.2) is 24.3 Å². The molecule has 0 aliphatic carbocycles. The van der Waals surface area contributed by atoms with Crippen molar-refractivity contribution in [1.29, 1.82) is 0 Å². The molecule has 24 heavy (non-hydrogen) atoms. The zero-order chi connectivity index (χ0) is 18.3. The van der Waals surface area contributed by atoms with E-state index < -0.39 is 0 Å². The normalized spacial score (nSPS) is 12.8. The van der Waals surface area contributed by atoms with Crippen LogP contribution in [-0.2, 0) is 0 Å². The highest BCUT2D eigenvalue weighted by Gasteiger charge is 2.16. The summed E-state index contributed by atoms with van der Waals surface area (Å²) in [5, 5.41) is 15.0. The first-order valence-electron chi connectivity index (χ1n) is 8.42. The van der Waals surface area contributed by atoms with Crippen LogP contribution in [0.4, 0.5) is 0 Å². The second kappa shape index (κ2) is 8.83. The Bertz CT molecular complexity index is 545. The maximum Gasteiger partial charge on any atom is 0.251 e. The first-order chi connectivity index (χ1) is 11.1. The fraction of sp³-hybridized carbons (Fsp3) is 0.579. The molecule has 1 aromatic carbocycles. The highest BCUT2D eigenvalue weighted by Crippen LogP contribution is 2.12. The molecule has 0 aliphatic heterocycles. The molecule has 1 unspecified atom stereocenters. The summed E-state index contributed by atoms with van der Waals surface area (Å²) in [5.41, 5.74) is 1.02. The van der Waals surface area contributed by atoms with Crippen LogP contribution in [0.5, 0.6) is 0 Å². The van der Waals surface area contributed by atoms with Gasteiger partial charge in [-0.25, -0.2) is 0 Å². The summed E-state index contributed by atoms with van der Waals surface area (Å²) in [6.07, 6.45) is 0.718. The molecule has 0 aromatic heterocycles. The van der Waals surface area contributed by atoms with E-state index in [9.17, 15) is 14.7 Å². The van der Waals surface area contributed by atoms with Crippen LogP contribution < -0.4 is 10.6 Å². The van der Waals surface area contributed by atoms with Crippen molar-refractivity contribution < 1.29 is 14.7 Å². The Morgan fingerprint density at radius 2 is 1.54 bits per heavy atom. The van der Waals surface area contributed by atoms with Crippen LogP contribution in [-0.4, -0.2) is 36.1 Å². The maximum atomic E-state index is 12.2. The average Bonchev–Trinajstić information content (AvgIpc) is 2.50. The SMILES string of the molecule is CC(C)CC(CO)NC(=O)c1ccc(C(=O)NCC(C)(C)C)cc1. The lowest BCUT2D eigenvalue weighted by Gasteiger charge is -2.19. The van der Waals surface area contributed by atoms with Crippen LogP contribution in [0.25, 0.3) is 0 Å². The van der Waals surface area contributed by atoms with Crippen molar-refractivity contribution in [2.75, 3.05) is 13.2 Å². The summed E-state index contributed by atoms with van der Waals surface area (Å²) in [4.78, 5) is 24.3. The first-order valence-corrected chi connectivity index (χ1v) is 8.42. The van der Waals surface area contributed by atoms with E-state index in [1.165, 1.54) is 0 Å². The van der Waals surface area contributed by atoms with E-state index in [0.29, 0.717) is 23.6 Å². The Labute approximate surface area is 144 Å². The van der Waals surface area contributed by atoms with Gasteiger partial charge in [-0.2, -0.15) is 0 Å². The van der Waals surface area contributed by atoms with Crippen LogP contribution in [0.3, 0.4) is 0 Å². The predicted octanol–water partition coefficient (Wildman–Crippen LogP) is 2.60. The number of benzene rings is 1. The smallest absolute Gasteiger partial charge is 0.251 e. The number of carbonyl (C=O) groups is 2. The molecule has 0 heterocycles. The second-order valence-corrected chi connectivity index (χ2v) is 7.80. The van der Waals surface area contributed by atoms with Gasteiger partial charge in [0.15, 0.2) is 0 Å². The zero-order valence-corrected chi connectivity index (χ0v) is 15.3. The third-order valence-corrected chi connectivity index (χ3v) is 3.50. The molecule has 0 fully saturated rings. The Balaban J connectivity index is 2.66. The fourth-order valence-corrected chi connectivity index (χ4v) is 2.24. The average molecular weight is 334 g/mol. The number of carbonyl (C=O) groups excluding carboxylic acids is 2. The fourth-order valence-electron chi connectivity index (χ4n) is 2.24. The maximum absolute atomic E-state index is 12.2. The van der Waals surface area contributed by atoms with E-state index in [2.05, 4.69) is 31.4 Å². The quantitative estimate of drug-likeness (QED) is 0.717. The van der Waals surface area contributed by atoms with Crippen molar-refractivity contribution >= 4 is 11.8 Å². The van der Waals surface area contributed by atoms with E-state index in [4.69, 9.17) is 0 Å². The minimum absolute atomic E-state index is 0.0191. The van der Waals surface area contributed by atoms with Gasteiger partial charge in [-0.1, -0.05) is 34.6 Å². The van der Waals surface area contributed by atoms with Crippen molar-refractivity contribution in [2.45, 2.75) is 47.1 Å². The number of aliphatic hydroxyl groups excluding tert-OH is 1. The number of rotatable bonds is 7. The van der Waals surface area contributed by atoms with Crippen molar-refractivity contribution in [2.24, 2.45) is 11.3 Å². The van der Waals surface area contributed by atoms with Crippen LogP contribution in [0.2, 0.25) is 0 Å². The summed E-state index contributed by atoms with van der Waals surface area (Å²) in [6.45, 7) is 10.7. The lowest BCUT2D eigenvalue weighted by Crippen LogP contribution is -2.38. The van der Waals surface area contributed by atoms with Gasteiger partial charge < -0.3 is 15.7 Å². The standard InChI is InChI=1S/C19H30N2O3/c1-13(2)10-16(11-22)21-18(24)15-8-6-14(7-9-15)17(23)20-12-19(3,4)5/h6-9,13,16,22H,10-12H2,1-5H3,(H,20,23)(H,21,24). The summed E-state index contributed by atoms with van der Waals surface area (Å²) >= 11 is 0. The van der Waals surface area contributed by atoms with Gasteiger partial charge in [0.2, 0.25) is 0 Å². The highest BCUT2D eigenvalue weighted by atomic mass is 16.3. The number of nitrogens with one attached hydrogen (secondary N) is 2. The van der Waals surface area contributed by atoms with E-state index in [-0.39, 0.29) is 29.9 Å². The minimum atomic E-state index is -0.257. The number of aliphatic hydroxyl groups is 1. The molecular weight excluding hydrogens is 304 g/mol. The summed E-state index contributed by atoms with van der Waals surface area (Å²) in [7, 11) is 0. The summed E-state index contributed by atoms with van der Waals surface area (Å²) < 4.78 is 0. The van der Waals surface area contributed by atoms with Gasteiger partial charge in [0.25, 0.3) is 11.8 Å². The monoisotopic (exact) mass is 334 g/mol. The zero-order valence-electron chi connectivity index (χ0n) is 15.3. The van der Waals surface area contributed by atoms with Gasteiger partial charge in [-0.3, -0.25) is 9.59 Å². The summed E-state index contributed by atoms with van der Waals surface area (Å²) in [5.74, 6) is -0.00221. The van der Waals surface area contributed by atoms with Crippen LogP contribution in [0.1, 0.15) is 61.8 Å². The molecule has 1 rings (SSSR count). The van der Waals surface area contributed by atoms with E-state index in [1.807, 2.05) is 13.8 Å². The van der Waals surface area contributed by atoms with Crippen LogP contribution >= 0.6 is 0 Å². The molecule has 0 aliphatic rings. The van der Waals surface area contributed by atoms with Gasteiger partial charge in [0.1, 0.15) is 0 Å². The third kappa shape index (κ3) is 7.13. The Hall–Kier alpha value is -1.88. The second-order valence-electron chi connectivity index (χ2n) is 7.80. The van der Waals surface area contributed by atoms with Gasteiger partial charge in [-0.15, -0.1) is 0 Å². The highest BCUT2D eigenvalue weighted by molar-refractivity contribution is 5.97. The number of hydrogen-bond donors (Lipinski definition) is 3. The largest absolute Gasteiger partial charge is 0.394 e. The van der Waals surface area contributed by atoms with Gasteiger partial charge >= 0.3 is 0 Å². The molecule has 0 spiro atoms. The van der Waals surface area contributed by atoms with E-state index in [0.717, 1.165) is 6.42 Å². The molecule has 0 radical (unpaired) electrons. The van der Waals surface area contributed by atoms with E-state index >= 15 is 0 Å². The molecule has 0 saturated carbocycles. The molecule has 0 bridgehead atoms. The Morgan fingerprint density at radius 1 is 1.04 bits per heavy atom. The minimum Gasteiger partial charge on any atom is -0.394 e. The third-order valence-electron chi connectivity index (χ3n) is 3.50.